The van der Waals surface area contributed by atoms with Crippen molar-refractivity contribution in [1.29, 1.82) is 0 Å². The number of carbonyl (C=O) groups is 1. The summed E-state index contributed by atoms with van der Waals surface area (Å²) in [5, 5.41) is 11.6. The van der Waals surface area contributed by atoms with Gasteiger partial charge in [-0.3, -0.25) is 4.79 Å². The van der Waals surface area contributed by atoms with E-state index in [1.165, 1.54) is 11.3 Å². The number of rotatable bonds is 7. The molecule has 26 heavy (non-hydrogen) atoms. The Morgan fingerprint density at radius 1 is 1.19 bits per heavy atom. The van der Waals surface area contributed by atoms with Crippen LogP contribution in [0, 0.1) is 0 Å². The summed E-state index contributed by atoms with van der Waals surface area (Å²) in [6, 6.07) is 10.3. The molecule has 10 heteroatoms. The summed E-state index contributed by atoms with van der Waals surface area (Å²) in [4.78, 5) is 12.8. The fourth-order valence-corrected chi connectivity index (χ4v) is 4.28. The average Bonchev–Trinajstić information content (AvgIpc) is 3.27. The van der Waals surface area contributed by atoms with Crippen LogP contribution in [0.1, 0.15) is 16.3 Å². The Morgan fingerprint density at radius 2 is 2.00 bits per heavy atom. The van der Waals surface area contributed by atoms with Crippen molar-refractivity contribution in [2.24, 2.45) is 0 Å². The number of aromatic nitrogens is 2. The molecule has 0 atom stereocenters. The van der Waals surface area contributed by atoms with Crippen molar-refractivity contribution in [2.75, 3.05) is 0 Å². The third kappa shape index (κ3) is 4.69. The maximum absolute atomic E-state index is 12.4. The molecule has 0 aliphatic heterocycles. The lowest BCUT2D eigenvalue weighted by Gasteiger charge is -2.02. The maximum Gasteiger partial charge on any atom is 0.335 e. The van der Waals surface area contributed by atoms with Crippen LogP contribution in [0.25, 0.3) is 0 Å². The molecule has 0 aliphatic carbocycles. The Labute approximate surface area is 158 Å². The smallest absolute Gasteiger partial charge is 0.335 e. The Kier molecular flexibility index (Phi) is 5.70. The van der Waals surface area contributed by atoms with Crippen LogP contribution in [0.5, 0.6) is 0 Å². The summed E-state index contributed by atoms with van der Waals surface area (Å²) in [5.74, 6) is -0.549. The molecule has 0 spiro atoms. The minimum atomic E-state index is -3.83. The Balaban J connectivity index is 1.61. The number of hydrogen-bond donors (Lipinski definition) is 1. The SMILES string of the molecule is O=C(Cc1cccs1)NCc1nnc(S(=O)(=O)Cc2ccccc2Cl)o1. The van der Waals surface area contributed by atoms with Crippen molar-refractivity contribution in [3.63, 3.8) is 0 Å². The number of benzene rings is 1. The summed E-state index contributed by atoms with van der Waals surface area (Å²) in [6.07, 6.45) is 0.240. The summed E-state index contributed by atoms with van der Waals surface area (Å²) >= 11 is 7.47. The first kappa shape index (κ1) is 18.6. The van der Waals surface area contributed by atoms with Gasteiger partial charge in [-0.2, -0.15) is 0 Å². The Bertz CT molecular complexity index is 1000. The minimum absolute atomic E-state index is 0.0160. The minimum Gasteiger partial charge on any atom is -0.411 e. The highest BCUT2D eigenvalue weighted by Gasteiger charge is 2.24. The molecular weight excluding hydrogens is 398 g/mol. The molecule has 0 saturated heterocycles. The van der Waals surface area contributed by atoms with Gasteiger partial charge >= 0.3 is 5.22 Å². The van der Waals surface area contributed by atoms with Crippen LogP contribution in [0.2, 0.25) is 5.02 Å². The fraction of sp³-hybridized carbons (Fsp3) is 0.188. The van der Waals surface area contributed by atoms with E-state index in [4.69, 9.17) is 16.0 Å². The largest absolute Gasteiger partial charge is 0.411 e. The van der Waals surface area contributed by atoms with Crippen LogP contribution >= 0.6 is 22.9 Å². The summed E-state index contributed by atoms with van der Waals surface area (Å²) in [7, 11) is -3.83. The van der Waals surface area contributed by atoms with Crippen LogP contribution in [0.15, 0.2) is 51.4 Å². The molecule has 0 fully saturated rings. The maximum atomic E-state index is 12.4. The molecule has 3 rings (SSSR count). The number of nitrogens with one attached hydrogen (secondary N) is 1. The molecule has 7 nitrogen and oxygen atoms in total. The van der Waals surface area contributed by atoms with Crippen LogP contribution < -0.4 is 5.32 Å². The molecule has 2 aromatic heterocycles. The highest BCUT2D eigenvalue weighted by atomic mass is 35.5. The topological polar surface area (TPSA) is 102 Å². The first-order valence-electron chi connectivity index (χ1n) is 7.51. The molecule has 0 unspecified atom stereocenters. The van der Waals surface area contributed by atoms with Gasteiger partial charge in [-0.25, -0.2) is 8.42 Å². The van der Waals surface area contributed by atoms with Gasteiger partial charge in [0.2, 0.25) is 21.6 Å². The predicted octanol–water partition coefficient (Wildman–Crippen LogP) is 2.62. The second kappa shape index (κ2) is 7.98. The van der Waals surface area contributed by atoms with E-state index in [9.17, 15) is 13.2 Å². The number of nitrogens with zero attached hydrogens (tertiary/aromatic N) is 2. The first-order valence-corrected chi connectivity index (χ1v) is 10.4. The average molecular weight is 412 g/mol. The lowest BCUT2D eigenvalue weighted by Crippen LogP contribution is -2.24. The van der Waals surface area contributed by atoms with Crippen molar-refractivity contribution < 1.29 is 17.6 Å². The van der Waals surface area contributed by atoms with Crippen LogP contribution in [0.3, 0.4) is 0 Å². The third-order valence-electron chi connectivity index (χ3n) is 3.37. The second-order valence-electron chi connectivity index (χ2n) is 5.35. The molecule has 0 radical (unpaired) electrons. The molecule has 2 heterocycles. The normalized spacial score (nSPS) is 11.4. The zero-order valence-corrected chi connectivity index (χ0v) is 15.8. The summed E-state index contributed by atoms with van der Waals surface area (Å²) in [6.45, 7) is -0.0428. The van der Waals surface area contributed by atoms with E-state index in [0.29, 0.717) is 10.6 Å². The third-order valence-corrected chi connectivity index (χ3v) is 6.00. The molecule has 0 saturated carbocycles. The van der Waals surface area contributed by atoms with Gasteiger partial charge in [0.25, 0.3) is 0 Å². The monoisotopic (exact) mass is 411 g/mol. The molecule has 1 aromatic carbocycles. The Hall–Kier alpha value is -2.23. The number of carbonyl (C=O) groups excluding carboxylic acids is 1. The van der Waals surface area contributed by atoms with Crippen LogP contribution in [-0.4, -0.2) is 24.5 Å². The van der Waals surface area contributed by atoms with Crippen molar-refractivity contribution in [3.8, 4) is 0 Å². The van der Waals surface area contributed by atoms with E-state index in [1.807, 2.05) is 17.5 Å². The molecular formula is C16H14ClN3O4S2. The Morgan fingerprint density at radius 3 is 2.73 bits per heavy atom. The van der Waals surface area contributed by atoms with E-state index in [0.717, 1.165) is 4.88 Å². The lowest BCUT2D eigenvalue weighted by molar-refractivity contribution is -0.120. The molecule has 0 aliphatic rings. The van der Waals surface area contributed by atoms with E-state index in [2.05, 4.69) is 15.5 Å². The van der Waals surface area contributed by atoms with E-state index in [1.54, 1.807) is 24.3 Å². The zero-order valence-electron chi connectivity index (χ0n) is 13.4. The molecule has 1 amide bonds. The summed E-state index contributed by atoms with van der Waals surface area (Å²) in [5.41, 5.74) is 0.443. The number of hydrogen-bond acceptors (Lipinski definition) is 7. The van der Waals surface area contributed by atoms with Gasteiger partial charge in [0, 0.05) is 9.90 Å². The molecule has 3 aromatic rings. The first-order chi connectivity index (χ1) is 12.4. The van der Waals surface area contributed by atoms with E-state index < -0.39 is 15.1 Å². The van der Waals surface area contributed by atoms with Gasteiger partial charge in [-0.15, -0.1) is 16.4 Å². The molecule has 1 N–H and O–H groups in total. The van der Waals surface area contributed by atoms with Crippen molar-refractivity contribution >= 4 is 38.7 Å². The van der Waals surface area contributed by atoms with Gasteiger partial charge < -0.3 is 9.73 Å². The number of amides is 1. The second-order valence-corrected chi connectivity index (χ2v) is 8.65. The van der Waals surface area contributed by atoms with Gasteiger partial charge in [-0.05, 0) is 23.1 Å². The molecule has 136 valence electrons. The van der Waals surface area contributed by atoms with Gasteiger partial charge in [0.05, 0.1) is 18.7 Å². The number of thiophene rings is 1. The standard InChI is InChI=1S/C16H14ClN3O4S2/c17-13-6-2-1-4-11(13)10-26(22,23)16-20-19-15(24-16)9-18-14(21)8-12-5-3-7-25-12/h1-7H,8-10H2,(H,18,21). The van der Waals surface area contributed by atoms with Gasteiger partial charge in [-0.1, -0.05) is 41.0 Å². The highest BCUT2D eigenvalue weighted by molar-refractivity contribution is 7.90. The van der Waals surface area contributed by atoms with E-state index >= 15 is 0 Å². The van der Waals surface area contributed by atoms with Crippen LogP contribution in [0.4, 0.5) is 0 Å². The molecule has 0 bridgehead atoms. The fourth-order valence-electron chi connectivity index (χ4n) is 2.13. The van der Waals surface area contributed by atoms with Crippen molar-refractivity contribution in [2.45, 2.75) is 23.9 Å². The van der Waals surface area contributed by atoms with Crippen molar-refractivity contribution in [3.05, 3.63) is 63.1 Å². The van der Waals surface area contributed by atoms with Crippen molar-refractivity contribution in [1.82, 2.24) is 15.5 Å². The lowest BCUT2D eigenvalue weighted by atomic mass is 10.2. The van der Waals surface area contributed by atoms with E-state index in [-0.39, 0.29) is 30.5 Å². The number of halogens is 1. The zero-order chi connectivity index (χ0) is 18.6. The van der Waals surface area contributed by atoms with Gasteiger partial charge in [0.1, 0.15) is 0 Å². The quantitative estimate of drug-likeness (QED) is 0.641. The summed E-state index contributed by atoms with van der Waals surface area (Å²) < 4.78 is 29.9. The highest BCUT2D eigenvalue weighted by Crippen LogP contribution is 2.21. The predicted molar refractivity (Wildman–Crippen MR) is 96.5 cm³/mol. The van der Waals surface area contributed by atoms with Gasteiger partial charge in [0.15, 0.2) is 0 Å². The number of sulfone groups is 1. The van der Waals surface area contributed by atoms with Crippen LogP contribution in [-0.2, 0) is 33.4 Å².